The Kier molecular flexibility index (Phi) is 3.77. The van der Waals surface area contributed by atoms with Gasteiger partial charge in [0, 0.05) is 31.0 Å². The maximum atomic E-state index is 12.5. The molecule has 0 aliphatic carbocycles. The van der Waals surface area contributed by atoms with E-state index >= 15 is 0 Å². The lowest BCUT2D eigenvalue weighted by atomic mass is 9.82. The zero-order valence-corrected chi connectivity index (χ0v) is 13.4. The van der Waals surface area contributed by atoms with Gasteiger partial charge in [0.1, 0.15) is 11.4 Å². The van der Waals surface area contributed by atoms with E-state index in [9.17, 15) is 9.59 Å². The van der Waals surface area contributed by atoms with Gasteiger partial charge in [-0.1, -0.05) is 11.6 Å². The largest absolute Gasteiger partial charge is 0.486 e. The molecule has 0 unspecified atom stereocenters. The number of hydrogen-bond donors (Lipinski definition) is 0. The van der Waals surface area contributed by atoms with Crippen molar-refractivity contribution in [1.29, 1.82) is 0 Å². The van der Waals surface area contributed by atoms with Crippen LogP contribution >= 0.6 is 11.6 Å². The van der Waals surface area contributed by atoms with Crippen LogP contribution in [0.25, 0.3) is 0 Å². The molecular formula is C16H18ClNO4. The van der Waals surface area contributed by atoms with E-state index in [1.54, 1.807) is 11.0 Å². The molecule has 5 nitrogen and oxygen atoms in total. The Morgan fingerprint density at radius 1 is 1.36 bits per heavy atom. The molecule has 1 saturated heterocycles. The number of Topliss-reactive ketones (excluding diaryl/α,β-unsaturated/α-hetero) is 1. The fourth-order valence-corrected chi connectivity index (χ4v) is 3.28. The van der Waals surface area contributed by atoms with Crippen LogP contribution in [-0.2, 0) is 4.74 Å². The Hall–Kier alpha value is -1.75. The van der Waals surface area contributed by atoms with Gasteiger partial charge < -0.3 is 14.4 Å². The van der Waals surface area contributed by atoms with Crippen molar-refractivity contribution in [2.75, 3.05) is 20.2 Å². The third kappa shape index (κ3) is 2.54. The number of benzene rings is 1. The number of amides is 1. The van der Waals surface area contributed by atoms with Gasteiger partial charge in [-0.2, -0.15) is 0 Å². The fourth-order valence-electron chi connectivity index (χ4n) is 3.12. The van der Waals surface area contributed by atoms with Crippen LogP contribution in [0.4, 0.5) is 4.79 Å². The fraction of sp³-hybridized carbons (Fsp3) is 0.500. The van der Waals surface area contributed by atoms with Crippen LogP contribution in [0.5, 0.6) is 5.75 Å². The molecule has 3 rings (SSSR count). The van der Waals surface area contributed by atoms with Crippen molar-refractivity contribution in [2.24, 2.45) is 0 Å². The molecule has 1 aromatic carbocycles. The molecule has 0 N–H and O–H groups in total. The Balaban J connectivity index is 1.82. The summed E-state index contributed by atoms with van der Waals surface area (Å²) >= 11 is 6.09. The Morgan fingerprint density at radius 2 is 2.05 bits per heavy atom. The van der Waals surface area contributed by atoms with E-state index in [0.717, 1.165) is 5.56 Å². The SMILES string of the molecule is COC(=O)N1CCC2(CC1)CC(=O)c1cc(Cl)c(C)cc1O2. The number of likely N-dealkylation sites (tertiary alicyclic amines) is 1. The topological polar surface area (TPSA) is 55.8 Å². The summed E-state index contributed by atoms with van der Waals surface area (Å²) in [5.41, 5.74) is 0.920. The highest BCUT2D eigenvalue weighted by Gasteiger charge is 2.44. The van der Waals surface area contributed by atoms with Crippen molar-refractivity contribution >= 4 is 23.5 Å². The predicted molar refractivity (Wildman–Crippen MR) is 81.7 cm³/mol. The first-order valence-corrected chi connectivity index (χ1v) is 7.67. The molecule has 118 valence electrons. The summed E-state index contributed by atoms with van der Waals surface area (Å²) < 4.78 is 10.9. The lowest BCUT2D eigenvalue weighted by Gasteiger charge is -2.43. The molecule has 2 heterocycles. The lowest BCUT2D eigenvalue weighted by Crippen LogP contribution is -2.52. The van der Waals surface area contributed by atoms with Crippen molar-refractivity contribution in [1.82, 2.24) is 4.90 Å². The molecule has 2 aliphatic rings. The number of fused-ring (bicyclic) bond motifs is 1. The number of rotatable bonds is 0. The smallest absolute Gasteiger partial charge is 0.409 e. The van der Waals surface area contributed by atoms with Gasteiger partial charge in [-0.3, -0.25) is 4.79 Å². The minimum Gasteiger partial charge on any atom is -0.486 e. The number of hydrogen-bond acceptors (Lipinski definition) is 4. The molecule has 1 fully saturated rings. The van der Waals surface area contributed by atoms with Crippen molar-refractivity contribution in [3.05, 3.63) is 28.3 Å². The molecule has 0 bridgehead atoms. The van der Waals surface area contributed by atoms with Gasteiger partial charge in [-0.05, 0) is 24.6 Å². The second-order valence-corrected chi connectivity index (χ2v) is 6.35. The molecule has 6 heteroatoms. The highest BCUT2D eigenvalue weighted by atomic mass is 35.5. The summed E-state index contributed by atoms with van der Waals surface area (Å²) in [6.07, 6.45) is 1.23. The highest BCUT2D eigenvalue weighted by Crippen LogP contribution is 2.41. The Bertz CT molecular complexity index is 635. The van der Waals surface area contributed by atoms with Crippen molar-refractivity contribution in [2.45, 2.75) is 31.8 Å². The van der Waals surface area contributed by atoms with Crippen molar-refractivity contribution < 1.29 is 19.1 Å². The zero-order chi connectivity index (χ0) is 15.9. The molecule has 2 aliphatic heterocycles. The van der Waals surface area contributed by atoms with Gasteiger partial charge in [-0.15, -0.1) is 0 Å². The quantitative estimate of drug-likeness (QED) is 0.735. The summed E-state index contributed by atoms with van der Waals surface area (Å²) in [4.78, 5) is 25.7. The number of ether oxygens (including phenoxy) is 2. The molecule has 0 radical (unpaired) electrons. The minimum atomic E-state index is -0.519. The van der Waals surface area contributed by atoms with Crippen LogP contribution in [-0.4, -0.2) is 42.6 Å². The summed E-state index contributed by atoms with van der Waals surface area (Å²) in [6, 6.07) is 3.51. The summed E-state index contributed by atoms with van der Waals surface area (Å²) in [5, 5.41) is 0.576. The number of halogens is 1. The maximum absolute atomic E-state index is 12.5. The average Bonchev–Trinajstić information content (AvgIpc) is 2.49. The summed E-state index contributed by atoms with van der Waals surface area (Å²) in [7, 11) is 1.37. The van der Waals surface area contributed by atoms with Gasteiger partial charge in [-0.25, -0.2) is 4.79 Å². The monoisotopic (exact) mass is 323 g/mol. The van der Waals surface area contributed by atoms with Crippen LogP contribution < -0.4 is 4.74 Å². The normalized spacial score (nSPS) is 19.6. The predicted octanol–water partition coefficient (Wildman–Crippen LogP) is 3.21. The molecule has 1 aromatic rings. The number of aryl methyl sites for hydroxylation is 1. The molecule has 0 atom stereocenters. The van der Waals surface area contributed by atoms with Crippen LogP contribution in [0.3, 0.4) is 0 Å². The van der Waals surface area contributed by atoms with Crippen molar-refractivity contribution in [3.63, 3.8) is 0 Å². The third-order valence-electron chi connectivity index (χ3n) is 4.48. The Labute approximate surface area is 134 Å². The van der Waals surface area contributed by atoms with Crippen LogP contribution in [0.1, 0.15) is 35.2 Å². The second kappa shape index (κ2) is 5.47. The maximum Gasteiger partial charge on any atom is 0.409 e. The number of piperidine rings is 1. The molecule has 0 aromatic heterocycles. The first-order valence-electron chi connectivity index (χ1n) is 7.29. The minimum absolute atomic E-state index is 0.0506. The first kappa shape index (κ1) is 15.2. The van der Waals surface area contributed by atoms with E-state index in [-0.39, 0.29) is 11.9 Å². The van der Waals surface area contributed by atoms with Gasteiger partial charge in [0.15, 0.2) is 5.78 Å². The van der Waals surface area contributed by atoms with Crippen LogP contribution in [0.2, 0.25) is 5.02 Å². The summed E-state index contributed by atoms with van der Waals surface area (Å²) in [5.74, 6) is 0.652. The first-order chi connectivity index (χ1) is 10.4. The number of carbonyl (C=O) groups is 2. The number of ketones is 1. The molecule has 1 spiro atoms. The standard InChI is InChI=1S/C16H18ClNO4/c1-10-7-14-11(8-12(10)17)13(19)9-16(22-14)3-5-18(6-4-16)15(20)21-2/h7-8H,3-6,9H2,1-2H3. The van der Waals surface area contributed by atoms with Gasteiger partial charge >= 0.3 is 6.09 Å². The van der Waals surface area contributed by atoms with E-state index in [2.05, 4.69) is 0 Å². The number of nitrogens with zero attached hydrogens (tertiary/aromatic N) is 1. The van der Waals surface area contributed by atoms with E-state index in [1.807, 2.05) is 13.0 Å². The average molecular weight is 324 g/mol. The van der Waals surface area contributed by atoms with E-state index in [1.165, 1.54) is 7.11 Å². The lowest BCUT2D eigenvalue weighted by molar-refractivity contribution is -0.00709. The van der Waals surface area contributed by atoms with Gasteiger partial charge in [0.2, 0.25) is 0 Å². The summed E-state index contributed by atoms with van der Waals surface area (Å²) in [6.45, 7) is 2.95. The highest BCUT2D eigenvalue weighted by molar-refractivity contribution is 6.31. The van der Waals surface area contributed by atoms with E-state index < -0.39 is 5.60 Å². The van der Waals surface area contributed by atoms with Crippen LogP contribution in [0, 0.1) is 6.92 Å². The van der Waals surface area contributed by atoms with Gasteiger partial charge in [0.25, 0.3) is 0 Å². The molecule has 22 heavy (non-hydrogen) atoms. The van der Waals surface area contributed by atoms with E-state index in [4.69, 9.17) is 21.1 Å². The zero-order valence-electron chi connectivity index (χ0n) is 12.6. The Morgan fingerprint density at radius 3 is 2.68 bits per heavy atom. The molecule has 1 amide bonds. The van der Waals surface area contributed by atoms with Crippen LogP contribution in [0.15, 0.2) is 12.1 Å². The molecule has 0 saturated carbocycles. The number of methoxy groups -OCH3 is 1. The number of carbonyl (C=O) groups excluding carboxylic acids is 2. The van der Waals surface area contributed by atoms with Crippen molar-refractivity contribution in [3.8, 4) is 5.75 Å². The van der Waals surface area contributed by atoms with E-state index in [0.29, 0.717) is 48.7 Å². The second-order valence-electron chi connectivity index (χ2n) is 5.94. The molecular weight excluding hydrogens is 306 g/mol. The van der Waals surface area contributed by atoms with Gasteiger partial charge in [0.05, 0.1) is 19.1 Å². The third-order valence-corrected chi connectivity index (χ3v) is 4.89.